The first-order valence-corrected chi connectivity index (χ1v) is 9.94. The standard InChI is InChI=1S/C20H19N3O4S/c1-12(24)21-13-4-6-15(7-5-13)23-18(25)11-16(19(23)26)22(14-8-9-14)20(27)17-3-2-10-28-17/h2-7,10,14,16H,8-9,11H2,1H3,(H,21,24). The van der Waals surface area contributed by atoms with Crippen LogP contribution in [-0.4, -0.2) is 40.6 Å². The predicted molar refractivity (Wildman–Crippen MR) is 105 cm³/mol. The van der Waals surface area contributed by atoms with Crippen LogP contribution >= 0.6 is 11.3 Å². The number of imide groups is 1. The number of hydrogen-bond donors (Lipinski definition) is 1. The molecule has 1 unspecified atom stereocenters. The van der Waals surface area contributed by atoms with Crippen LogP contribution in [0.2, 0.25) is 0 Å². The first kappa shape index (κ1) is 18.4. The first-order valence-electron chi connectivity index (χ1n) is 9.06. The molecule has 4 amide bonds. The van der Waals surface area contributed by atoms with Gasteiger partial charge in [0, 0.05) is 18.7 Å². The molecule has 0 radical (unpaired) electrons. The second kappa shape index (κ2) is 7.20. The topological polar surface area (TPSA) is 86.8 Å². The number of nitrogens with zero attached hydrogens (tertiary/aromatic N) is 2. The number of thiophene rings is 1. The molecule has 144 valence electrons. The van der Waals surface area contributed by atoms with Crippen LogP contribution < -0.4 is 10.2 Å². The summed E-state index contributed by atoms with van der Waals surface area (Å²) in [6.07, 6.45) is 1.68. The maximum absolute atomic E-state index is 13.1. The molecule has 1 aliphatic carbocycles. The molecule has 1 aliphatic heterocycles. The average molecular weight is 397 g/mol. The van der Waals surface area contributed by atoms with Crippen LogP contribution in [0.4, 0.5) is 11.4 Å². The molecule has 0 bridgehead atoms. The van der Waals surface area contributed by atoms with Crippen LogP contribution in [0.5, 0.6) is 0 Å². The lowest BCUT2D eigenvalue weighted by molar-refractivity contribution is -0.122. The lowest BCUT2D eigenvalue weighted by Crippen LogP contribution is -2.46. The third-order valence-corrected chi connectivity index (χ3v) is 5.67. The Morgan fingerprint density at radius 1 is 1.14 bits per heavy atom. The average Bonchev–Trinajstić information content (AvgIpc) is 3.24. The summed E-state index contributed by atoms with van der Waals surface area (Å²) in [5.41, 5.74) is 1.02. The van der Waals surface area contributed by atoms with Gasteiger partial charge in [-0.15, -0.1) is 11.3 Å². The number of nitrogens with one attached hydrogen (secondary N) is 1. The molecule has 1 aromatic heterocycles. The normalized spacial score (nSPS) is 19.0. The van der Waals surface area contributed by atoms with E-state index in [2.05, 4.69) is 5.32 Å². The van der Waals surface area contributed by atoms with Crippen molar-refractivity contribution in [2.45, 2.75) is 38.3 Å². The summed E-state index contributed by atoms with van der Waals surface area (Å²) >= 11 is 1.33. The fraction of sp³-hybridized carbons (Fsp3) is 0.300. The molecule has 1 N–H and O–H groups in total. The smallest absolute Gasteiger partial charge is 0.264 e. The van der Waals surface area contributed by atoms with E-state index in [0.29, 0.717) is 16.3 Å². The summed E-state index contributed by atoms with van der Waals surface area (Å²) in [6.45, 7) is 1.41. The fourth-order valence-electron chi connectivity index (χ4n) is 3.44. The van der Waals surface area contributed by atoms with Gasteiger partial charge >= 0.3 is 0 Å². The van der Waals surface area contributed by atoms with Crippen LogP contribution in [0, 0.1) is 0 Å². The summed E-state index contributed by atoms with van der Waals surface area (Å²) in [4.78, 5) is 53.1. The Kier molecular flexibility index (Phi) is 4.72. The van der Waals surface area contributed by atoms with Gasteiger partial charge in [0.05, 0.1) is 17.0 Å². The molecular weight excluding hydrogens is 378 g/mol. The zero-order valence-corrected chi connectivity index (χ0v) is 16.1. The largest absolute Gasteiger partial charge is 0.326 e. The van der Waals surface area contributed by atoms with Gasteiger partial charge in [0.2, 0.25) is 11.8 Å². The van der Waals surface area contributed by atoms with Gasteiger partial charge in [0.1, 0.15) is 6.04 Å². The molecule has 2 aromatic rings. The maximum atomic E-state index is 13.1. The molecule has 28 heavy (non-hydrogen) atoms. The van der Waals surface area contributed by atoms with Gasteiger partial charge in [-0.05, 0) is 48.6 Å². The molecule has 1 aromatic carbocycles. The van der Waals surface area contributed by atoms with Gasteiger partial charge in [-0.1, -0.05) is 6.07 Å². The number of carbonyl (C=O) groups is 4. The second-order valence-corrected chi connectivity index (χ2v) is 7.88. The van der Waals surface area contributed by atoms with Crippen molar-refractivity contribution < 1.29 is 19.2 Å². The number of rotatable bonds is 5. The van der Waals surface area contributed by atoms with Crippen LogP contribution in [-0.2, 0) is 14.4 Å². The Morgan fingerprint density at radius 3 is 2.43 bits per heavy atom. The van der Waals surface area contributed by atoms with Crippen molar-refractivity contribution in [3.63, 3.8) is 0 Å². The van der Waals surface area contributed by atoms with Crippen molar-refractivity contribution in [2.24, 2.45) is 0 Å². The minimum Gasteiger partial charge on any atom is -0.326 e. The van der Waals surface area contributed by atoms with Crippen LogP contribution in [0.3, 0.4) is 0 Å². The molecule has 2 aliphatic rings. The molecule has 8 heteroatoms. The third kappa shape index (κ3) is 3.43. The van der Waals surface area contributed by atoms with Crippen LogP contribution in [0.25, 0.3) is 0 Å². The highest BCUT2D eigenvalue weighted by molar-refractivity contribution is 7.12. The lowest BCUT2D eigenvalue weighted by atomic mass is 10.2. The van der Waals surface area contributed by atoms with Gasteiger partial charge in [0.15, 0.2) is 0 Å². The summed E-state index contributed by atoms with van der Waals surface area (Å²) in [6, 6.07) is 9.29. The summed E-state index contributed by atoms with van der Waals surface area (Å²) in [7, 11) is 0. The van der Waals surface area contributed by atoms with E-state index in [4.69, 9.17) is 0 Å². The Labute approximate surface area is 165 Å². The van der Waals surface area contributed by atoms with E-state index in [0.717, 1.165) is 17.7 Å². The minimum absolute atomic E-state index is 0.0124. The highest BCUT2D eigenvalue weighted by Gasteiger charge is 2.49. The summed E-state index contributed by atoms with van der Waals surface area (Å²) in [5, 5.41) is 4.47. The monoisotopic (exact) mass is 397 g/mol. The first-order chi connectivity index (χ1) is 13.5. The number of hydrogen-bond acceptors (Lipinski definition) is 5. The van der Waals surface area contributed by atoms with Crippen LogP contribution in [0.15, 0.2) is 41.8 Å². The fourth-order valence-corrected chi connectivity index (χ4v) is 4.11. The predicted octanol–water partition coefficient (Wildman–Crippen LogP) is 2.64. The van der Waals surface area contributed by atoms with Gasteiger partial charge in [-0.2, -0.15) is 0 Å². The highest BCUT2D eigenvalue weighted by Crippen LogP contribution is 2.35. The summed E-state index contributed by atoms with van der Waals surface area (Å²) in [5.74, 6) is -1.10. The molecular formula is C20H19N3O4S. The van der Waals surface area contributed by atoms with E-state index in [-0.39, 0.29) is 36.1 Å². The van der Waals surface area contributed by atoms with Crippen molar-refractivity contribution in [3.05, 3.63) is 46.7 Å². The quantitative estimate of drug-likeness (QED) is 0.786. The lowest BCUT2D eigenvalue weighted by Gasteiger charge is -2.27. The van der Waals surface area contributed by atoms with Crippen molar-refractivity contribution >= 4 is 46.3 Å². The van der Waals surface area contributed by atoms with Gasteiger partial charge in [-0.3, -0.25) is 19.2 Å². The molecule has 1 saturated carbocycles. The van der Waals surface area contributed by atoms with E-state index in [1.54, 1.807) is 41.3 Å². The number of anilines is 2. The Bertz CT molecular complexity index is 935. The van der Waals surface area contributed by atoms with Crippen molar-refractivity contribution in [2.75, 3.05) is 10.2 Å². The Balaban J connectivity index is 1.57. The Hall–Kier alpha value is -3.00. The van der Waals surface area contributed by atoms with Gasteiger partial charge in [0.25, 0.3) is 11.8 Å². The molecule has 4 rings (SSSR count). The zero-order chi connectivity index (χ0) is 19.8. The van der Waals surface area contributed by atoms with E-state index in [1.165, 1.54) is 18.3 Å². The number of benzene rings is 1. The van der Waals surface area contributed by atoms with Crippen molar-refractivity contribution in [1.82, 2.24) is 4.90 Å². The van der Waals surface area contributed by atoms with E-state index in [9.17, 15) is 19.2 Å². The maximum Gasteiger partial charge on any atom is 0.264 e. The van der Waals surface area contributed by atoms with E-state index < -0.39 is 6.04 Å². The van der Waals surface area contributed by atoms with Gasteiger partial charge in [-0.25, -0.2) is 4.90 Å². The van der Waals surface area contributed by atoms with Crippen molar-refractivity contribution in [3.8, 4) is 0 Å². The summed E-state index contributed by atoms with van der Waals surface area (Å²) < 4.78 is 0. The van der Waals surface area contributed by atoms with Crippen molar-refractivity contribution in [1.29, 1.82) is 0 Å². The van der Waals surface area contributed by atoms with Gasteiger partial charge < -0.3 is 10.2 Å². The van der Waals surface area contributed by atoms with Crippen LogP contribution in [0.1, 0.15) is 35.9 Å². The molecule has 1 atom stereocenters. The number of amides is 4. The Morgan fingerprint density at radius 2 is 1.86 bits per heavy atom. The third-order valence-electron chi connectivity index (χ3n) is 4.81. The van der Waals surface area contributed by atoms with E-state index in [1.807, 2.05) is 5.38 Å². The highest BCUT2D eigenvalue weighted by atomic mass is 32.1. The second-order valence-electron chi connectivity index (χ2n) is 6.94. The molecule has 0 spiro atoms. The van der Waals surface area contributed by atoms with E-state index >= 15 is 0 Å². The molecule has 2 heterocycles. The molecule has 1 saturated heterocycles. The zero-order valence-electron chi connectivity index (χ0n) is 15.3. The SMILES string of the molecule is CC(=O)Nc1ccc(N2C(=O)CC(N(C(=O)c3cccs3)C3CC3)C2=O)cc1. The minimum atomic E-state index is -0.773. The molecule has 2 fully saturated rings. The number of carbonyl (C=O) groups excluding carboxylic acids is 4. The molecule has 7 nitrogen and oxygen atoms in total.